The fourth-order valence-corrected chi connectivity index (χ4v) is 2.02. The second-order valence-electron chi connectivity index (χ2n) is 4.65. The first-order chi connectivity index (χ1) is 8.62. The van der Waals surface area contributed by atoms with E-state index in [9.17, 15) is 4.79 Å². The van der Waals surface area contributed by atoms with Crippen LogP contribution >= 0.6 is 12.4 Å². The van der Waals surface area contributed by atoms with Crippen LogP contribution in [0.5, 0.6) is 0 Å². The fraction of sp³-hybridized carbons (Fsp3) is 0.533. The minimum absolute atomic E-state index is 0. The van der Waals surface area contributed by atoms with Gasteiger partial charge in [0.25, 0.3) is 5.91 Å². The van der Waals surface area contributed by atoms with Crippen molar-refractivity contribution in [2.75, 3.05) is 18.8 Å². The Kier molecular flexibility index (Phi) is 8.24. The van der Waals surface area contributed by atoms with E-state index in [2.05, 4.69) is 13.8 Å². The van der Waals surface area contributed by atoms with Gasteiger partial charge in [0.05, 0.1) is 0 Å². The highest BCUT2D eigenvalue weighted by atomic mass is 35.5. The zero-order valence-electron chi connectivity index (χ0n) is 12.1. The van der Waals surface area contributed by atoms with Crippen LogP contribution in [0.15, 0.2) is 24.3 Å². The van der Waals surface area contributed by atoms with Gasteiger partial charge in [0.15, 0.2) is 0 Å². The Morgan fingerprint density at radius 3 is 2.11 bits per heavy atom. The molecule has 19 heavy (non-hydrogen) atoms. The maximum Gasteiger partial charge on any atom is 0.253 e. The Hall–Kier alpha value is -1.22. The second kappa shape index (κ2) is 8.81. The van der Waals surface area contributed by atoms with Crippen molar-refractivity contribution in [2.45, 2.75) is 33.6 Å². The summed E-state index contributed by atoms with van der Waals surface area (Å²) >= 11 is 0. The van der Waals surface area contributed by atoms with Crippen LogP contribution in [0.2, 0.25) is 0 Å². The van der Waals surface area contributed by atoms with Gasteiger partial charge in [-0.1, -0.05) is 26.7 Å². The molecular formula is C15H25ClN2O. The van der Waals surface area contributed by atoms with E-state index in [4.69, 9.17) is 5.73 Å². The first-order valence-corrected chi connectivity index (χ1v) is 6.77. The molecule has 0 saturated heterocycles. The van der Waals surface area contributed by atoms with Crippen LogP contribution in [0.25, 0.3) is 0 Å². The van der Waals surface area contributed by atoms with Gasteiger partial charge in [-0.2, -0.15) is 0 Å². The molecule has 1 aromatic rings. The Labute approximate surface area is 122 Å². The summed E-state index contributed by atoms with van der Waals surface area (Å²) in [7, 11) is 0. The molecule has 0 aliphatic carbocycles. The Morgan fingerprint density at radius 2 is 1.68 bits per heavy atom. The molecule has 3 nitrogen and oxygen atoms in total. The van der Waals surface area contributed by atoms with Crippen LogP contribution < -0.4 is 5.73 Å². The monoisotopic (exact) mass is 284 g/mol. The third-order valence-electron chi connectivity index (χ3n) is 3.46. The number of hydrogen-bond acceptors (Lipinski definition) is 2. The maximum atomic E-state index is 12.3. The van der Waals surface area contributed by atoms with Gasteiger partial charge in [0.1, 0.15) is 0 Å². The molecule has 0 fully saturated rings. The first-order valence-electron chi connectivity index (χ1n) is 6.77. The van der Waals surface area contributed by atoms with E-state index in [1.807, 2.05) is 11.8 Å². The van der Waals surface area contributed by atoms with Gasteiger partial charge in [0, 0.05) is 24.3 Å². The minimum Gasteiger partial charge on any atom is -0.399 e. The zero-order chi connectivity index (χ0) is 13.5. The van der Waals surface area contributed by atoms with Crippen molar-refractivity contribution in [1.29, 1.82) is 0 Å². The van der Waals surface area contributed by atoms with E-state index in [-0.39, 0.29) is 18.3 Å². The lowest BCUT2D eigenvalue weighted by molar-refractivity contribution is 0.0735. The summed E-state index contributed by atoms with van der Waals surface area (Å²) in [5.74, 6) is 0.687. The molecule has 0 atom stereocenters. The standard InChI is InChI=1S/C15H24N2O.ClH/c1-4-12(5-2)11-17(6-3)15(18)13-7-9-14(16)10-8-13;/h7-10,12H,4-6,11,16H2,1-3H3;1H. The summed E-state index contributed by atoms with van der Waals surface area (Å²) in [6.07, 6.45) is 2.23. The number of amides is 1. The molecule has 0 bridgehead atoms. The van der Waals surface area contributed by atoms with Gasteiger partial charge >= 0.3 is 0 Å². The molecule has 1 aromatic carbocycles. The second-order valence-corrected chi connectivity index (χ2v) is 4.65. The van der Waals surface area contributed by atoms with E-state index >= 15 is 0 Å². The molecule has 0 radical (unpaired) electrons. The van der Waals surface area contributed by atoms with Gasteiger partial charge in [-0.05, 0) is 37.1 Å². The number of nitrogens with two attached hydrogens (primary N) is 1. The highest BCUT2D eigenvalue weighted by Crippen LogP contribution is 2.14. The summed E-state index contributed by atoms with van der Waals surface area (Å²) < 4.78 is 0. The number of rotatable bonds is 6. The van der Waals surface area contributed by atoms with Crippen LogP contribution in [0.3, 0.4) is 0 Å². The molecule has 0 aromatic heterocycles. The molecule has 0 saturated carbocycles. The summed E-state index contributed by atoms with van der Waals surface area (Å²) in [5, 5.41) is 0. The summed E-state index contributed by atoms with van der Waals surface area (Å²) in [4.78, 5) is 14.3. The number of carbonyl (C=O) groups excluding carboxylic acids is 1. The minimum atomic E-state index is 0. The average molecular weight is 285 g/mol. The molecule has 1 amide bonds. The van der Waals surface area contributed by atoms with Gasteiger partial charge < -0.3 is 10.6 Å². The predicted molar refractivity (Wildman–Crippen MR) is 83.8 cm³/mol. The number of carbonyl (C=O) groups is 1. The third kappa shape index (κ3) is 5.11. The lowest BCUT2D eigenvalue weighted by Gasteiger charge is -2.25. The molecule has 0 spiro atoms. The lowest BCUT2D eigenvalue weighted by atomic mass is 10.0. The summed E-state index contributed by atoms with van der Waals surface area (Å²) in [6, 6.07) is 7.15. The van der Waals surface area contributed by atoms with Crippen LogP contribution in [0, 0.1) is 5.92 Å². The number of halogens is 1. The van der Waals surface area contributed by atoms with Crippen molar-refractivity contribution in [1.82, 2.24) is 4.90 Å². The van der Waals surface area contributed by atoms with Crippen LogP contribution in [0.4, 0.5) is 5.69 Å². The average Bonchev–Trinajstić information content (AvgIpc) is 2.40. The molecule has 0 aliphatic rings. The molecule has 0 unspecified atom stereocenters. The van der Waals surface area contributed by atoms with Crippen molar-refractivity contribution in [2.24, 2.45) is 5.92 Å². The van der Waals surface area contributed by atoms with Crippen molar-refractivity contribution >= 4 is 24.0 Å². The van der Waals surface area contributed by atoms with Crippen molar-refractivity contribution in [3.05, 3.63) is 29.8 Å². The van der Waals surface area contributed by atoms with Crippen LogP contribution in [0.1, 0.15) is 44.0 Å². The van der Waals surface area contributed by atoms with Gasteiger partial charge in [-0.15, -0.1) is 12.4 Å². The third-order valence-corrected chi connectivity index (χ3v) is 3.46. The summed E-state index contributed by atoms with van der Waals surface area (Å²) in [5.41, 5.74) is 7.04. The molecule has 0 aliphatic heterocycles. The van der Waals surface area contributed by atoms with E-state index in [1.165, 1.54) is 0 Å². The van der Waals surface area contributed by atoms with Crippen LogP contribution in [-0.2, 0) is 0 Å². The number of benzene rings is 1. The highest BCUT2D eigenvalue weighted by Gasteiger charge is 2.17. The van der Waals surface area contributed by atoms with Gasteiger partial charge in [0.2, 0.25) is 0 Å². The summed E-state index contributed by atoms with van der Waals surface area (Å²) in [6.45, 7) is 7.97. The number of nitrogen functional groups attached to an aromatic ring is 1. The van der Waals surface area contributed by atoms with E-state index in [0.717, 1.165) is 31.5 Å². The van der Waals surface area contributed by atoms with Crippen molar-refractivity contribution < 1.29 is 4.79 Å². The Balaban J connectivity index is 0.00000324. The molecule has 108 valence electrons. The molecule has 1 rings (SSSR count). The molecular weight excluding hydrogens is 260 g/mol. The van der Waals surface area contributed by atoms with E-state index < -0.39 is 0 Å². The Morgan fingerprint density at radius 1 is 1.16 bits per heavy atom. The van der Waals surface area contributed by atoms with Crippen molar-refractivity contribution in [3.8, 4) is 0 Å². The first kappa shape index (κ1) is 17.8. The van der Waals surface area contributed by atoms with Crippen LogP contribution in [-0.4, -0.2) is 23.9 Å². The van der Waals surface area contributed by atoms with Gasteiger partial charge in [-0.3, -0.25) is 4.79 Å². The van der Waals surface area contributed by atoms with E-state index in [1.54, 1.807) is 24.3 Å². The molecule has 4 heteroatoms. The van der Waals surface area contributed by atoms with Crippen molar-refractivity contribution in [3.63, 3.8) is 0 Å². The smallest absolute Gasteiger partial charge is 0.253 e. The fourth-order valence-electron chi connectivity index (χ4n) is 2.02. The quantitative estimate of drug-likeness (QED) is 0.812. The normalized spacial score (nSPS) is 10.1. The zero-order valence-corrected chi connectivity index (χ0v) is 12.9. The SMILES string of the molecule is CCC(CC)CN(CC)C(=O)c1ccc(N)cc1.Cl. The largest absolute Gasteiger partial charge is 0.399 e. The molecule has 2 N–H and O–H groups in total. The maximum absolute atomic E-state index is 12.3. The van der Waals surface area contributed by atoms with E-state index in [0.29, 0.717) is 11.6 Å². The molecule has 0 heterocycles. The topological polar surface area (TPSA) is 46.3 Å². The predicted octanol–water partition coefficient (Wildman–Crippen LogP) is 3.59. The number of hydrogen-bond donors (Lipinski definition) is 1. The van der Waals surface area contributed by atoms with Gasteiger partial charge in [-0.25, -0.2) is 0 Å². The number of nitrogens with zero attached hydrogens (tertiary/aromatic N) is 1. The highest BCUT2D eigenvalue weighted by molar-refractivity contribution is 5.94. The Bertz CT molecular complexity index is 374. The number of anilines is 1. The lowest BCUT2D eigenvalue weighted by Crippen LogP contribution is -2.35.